The molecule has 0 spiro atoms. The van der Waals surface area contributed by atoms with Crippen molar-refractivity contribution in [1.29, 1.82) is 0 Å². The van der Waals surface area contributed by atoms with Crippen LogP contribution in [0, 0.1) is 5.92 Å². The third-order valence-corrected chi connectivity index (χ3v) is 2.91. The molecule has 3 N–H and O–H groups in total. The zero-order valence-electron chi connectivity index (χ0n) is 12.6. The quantitative estimate of drug-likeness (QED) is 0.753. The van der Waals surface area contributed by atoms with Crippen molar-refractivity contribution in [1.82, 2.24) is 0 Å². The Kier molecular flexibility index (Phi) is 6.31. The van der Waals surface area contributed by atoms with Crippen molar-refractivity contribution >= 4 is 17.3 Å². The first kappa shape index (κ1) is 16.3. The monoisotopic (exact) mass is 280 g/mol. The smallest absolute Gasteiger partial charge is 0.253 e. The Labute approximate surface area is 120 Å². The van der Waals surface area contributed by atoms with Gasteiger partial charge in [-0.1, -0.05) is 13.8 Å². The average Bonchev–Trinajstić information content (AvgIpc) is 2.38. The molecule has 0 aliphatic carbocycles. The van der Waals surface area contributed by atoms with Crippen LogP contribution in [0.15, 0.2) is 18.2 Å². The standard InChI is InChI=1S/C15H24N2O3/c1-10(2)7-8-20-11(3)15(18)17-13-9-12(16)5-6-14(13)19-4/h5-6,9-11H,7-8,16H2,1-4H3,(H,17,18). The zero-order valence-corrected chi connectivity index (χ0v) is 12.6. The second-order valence-corrected chi connectivity index (χ2v) is 5.14. The number of carbonyl (C=O) groups is 1. The van der Waals surface area contributed by atoms with Gasteiger partial charge in [-0.2, -0.15) is 0 Å². The van der Waals surface area contributed by atoms with Gasteiger partial charge in [-0.25, -0.2) is 0 Å². The molecular weight excluding hydrogens is 256 g/mol. The van der Waals surface area contributed by atoms with Crippen LogP contribution in [0.5, 0.6) is 5.75 Å². The lowest BCUT2D eigenvalue weighted by molar-refractivity contribution is -0.126. The van der Waals surface area contributed by atoms with Crippen molar-refractivity contribution in [2.45, 2.75) is 33.3 Å². The van der Waals surface area contributed by atoms with Crippen molar-refractivity contribution in [3.05, 3.63) is 18.2 Å². The van der Waals surface area contributed by atoms with Crippen LogP contribution in [0.3, 0.4) is 0 Å². The number of carbonyl (C=O) groups excluding carboxylic acids is 1. The Balaban J connectivity index is 2.59. The van der Waals surface area contributed by atoms with Gasteiger partial charge in [-0.3, -0.25) is 4.79 Å². The Morgan fingerprint density at radius 3 is 2.65 bits per heavy atom. The van der Waals surface area contributed by atoms with Crippen LogP contribution in [-0.2, 0) is 9.53 Å². The average molecular weight is 280 g/mol. The number of hydrogen-bond donors (Lipinski definition) is 2. The number of nitrogens with one attached hydrogen (secondary N) is 1. The Bertz CT molecular complexity index is 447. The number of anilines is 2. The number of ether oxygens (including phenoxy) is 2. The van der Waals surface area contributed by atoms with Crippen molar-refractivity contribution in [3.8, 4) is 5.75 Å². The molecule has 5 heteroatoms. The van der Waals surface area contributed by atoms with Gasteiger partial charge in [0.15, 0.2) is 0 Å². The zero-order chi connectivity index (χ0) is 15.1. The molecule has 1 unspecified atom stereocenters. The maximum atomic E-state index is 12.0. The summed E-state index contributed by atoms with van der Waals surface area (Å²) < 4.78 is 10.7. The molecule has 20 heavy (non-hydrogen) atoms. The summed E-state index contributed by atoms with van der Waals surface area (Å²) in [6.07, 6.45) is 0.416. The maximum absolute atomic E-state index is 12.0. The summed E-state index contributed by atoms with van der Waals surface area (Å²) in [5.41, 5.74) is 6.83. The molecular formula is C15H24N2O3. The van der Waals surface area contributed by atoms with Gasteiger partial charge in [0.25, 0.3) is 5.91 Å². The molecule has 0 bridgehead atoms. The molecule has 1 rings (SSSR count). The van der Waals surface area contributed by atoms with E-state index in [1.54, 1.807) is 32.2 Å². The van der Waals surface area contributed by atoms with Crippen molar-refractivity contribution < 1.29 is 14.3 Å². The van der Waals surface area contributed by atoms with Crippen LogP contribution >= 0.6 is 0 Å². The third-order valence-electron chi connectivity index (χ3n) is 2.91. The molecule has 1 aromatic rings. The van der Waals surface area contributed by atoms with E-state index in [2.05, 4.69) is 19.2 Å². The molecule has 0 fully saturated rings. The van der Waals surface area contributed by atoms with Gasteiger partial charge in [-0.15, -0.1) is 0 Å². The lowest BCUT2D eigenvalue weighted by Gasteiger charge is -2.16. The molecule has 1 amide bonds. The molecule has 0 saturated heterocycles. The fourth-order valence-electron chi connectivity index (χ4n) is 1.61. The van der Waals surface area contributed by atoms with E-state index in [4.69, 9.17) is 15.2 Å². The van der Waals surface area contributed by atoms with E-state index in [1.807, 2.05) is 0 Å². The first-order chi connectivity index (χ1) is 9.43. The fraction of sp³-hybridized carbons (Fsp3) is 0.533. The summed E-state index contributed by atoms with van der Waals surface area (Å²) >= 11 is 0. The number of benzene rings is 1. The molecule has 0 radical (unpaired) electrons. The number of methoxy groups -OCH3 is 1. The maximum Gasteiger partial charge on any atom is 0.253 e. The molecule has 1 atom stereocenters. The van der Waals surface area contributed by atoms with Crippen LogP contribution in [0.2, 0.25) is 0 Å². The summed E-state index contributed by atoms with van der Waals surface area (Å²) in [6.45, 7) is 6.53. The van der Waals surface area contributed by atoms with Gasteiger partial charge < -0.3 is 20.5 Å². The number of hydrogen-bond acceptors (Lipinski definition) is 4. The normalized spacial score (nSPS) is 12.2. The van der Waals surface area contributed by atoms with E-state index < -0.39 is 6.10 Å². The van der Waals surface area contributed by atoms with Crippen LogP contribution in [0.25, 0.3) is 0 Å². The first-order valence-electron chi connectivity index (χ1n) is 6.80. The van der Waals surface area contributed by atoms with Gasteiger partial charge in [0.05, 0.1) is 12.8 Å². The minimum absolute atomic E-state index is 0.211. The number of amides is 1. The largest absolute Gasteiger partial charge is 0.495 e. The molecule has 0 aliphatic rings. The Hall–Kier alpha value is -1.75. The molecule has 0 saturated carbocycles. The van der Waals surface area contributed by atoms with Crippen LogP contribution < -0.4 is 15.8 Å². The number of rotatable bonds is 7. The van der Waals surface area contributed by atoms with E-state index >= 15 is 0 Å². The minimum atomic E-state index is -0.514. The first-order valence-corrected chi connectivity index (χ1v) is 6.80. The van der Waals surface area contributed by atoms with Crippen LogP contribution in [-0.4, -0.2) is 25.7 Å². The highest BCUT2D eigenvalue weighted by molar-refractivity contribution is 5.95. The van der Waals surface area contributed by atoms with Gasteiger partial charge in [0.2, 0.25) is 0 Å². The number of nitrogen functional groups attached to an aromatic ring is 1. The molecule has 0 aromatic heterocycles. The molecule has 5 nitrogen and oxygen atoms in total. The van der Waals surface area contributed by atoms with Gasteiger partial charge >= 0.3 is 0 Å². The summed E-state index contributed by atoms with van der Waals surface area (Å²) in [7, 11) is 1.55. The van der Waals surface area contributed by atoms with E-state index in [-0.39, 0.29) is 5.91 Å². The van der Waals surface area contributed by atoms with Gasteiger partial charge in [0, 0.05) is 12.3 Å². The van der Waals surface area contributed by atoms with E-state index in [1.165, 1.54) is 0 Å². The van der Waals surface area contributed by atoms with Crippen LogP contribution in [0.1, 0.15) is 27.2 Å². The van der Waals surface area contributed by atoms with E-state index in [0.29, 0.717) is 29.6 Å². The summed E-state index contributed by atoms with van der Waals surface area (Å²) in [6, 6.07) is 5.10. The number of nitrogens with two attached hydrogens (primary N) is 1. The van der Waals surface area contributed by atoms with Gasteiger partial charge in [-0.05, 0) is 37.5 Å². The van der Waals surface area contributed by atoms with E-state index in [9.17, 15) is 4.79 Å². The fourth-order valence-corrected chi connectivity index (χ4v) is 1.61. The van der Waals surface area contributed by atoms with E-state index in [0.717, 1.165) is 6.42 Å². The summed E-state index contributed by atoms with van der Waals surface area (Å²) in [4.78, 5) is 12.0. The topological polar surface area (TPSA) is 73.6 Å². The lowest BCUT2D eigenvalue weighted by Crippen LogP contribution is -2.28. The molecule has 112 valence electrons. The molecule has 1 aromatic carbocycles. The Morgan fingerprint density at radius 1 is 1.35 bits per heavy atom. The predicted molar refractivity (Wildman–Crippen MR) is 80.9 cm³/mol. The molecule has 0 heterocycles. The van der Waals surface area contributed by atoms with Crippen molar-refractivity contribution in [2.75, 3.05) is 24.8 Å². The van der Waals surface area contributed by atoms with Crippen molar-refractivity contribution in [2.24, 2.45) is 5.92 Å². The highest BCUT2D eigenvalue weighted by Crippen LogP contribution is 2.26. The highest BCUT2D eigenvalue weighted by Gasteiger charge is 2.15. The second-order valence-electron chi connectivity index (χ2n) is 5.14. The third kappa shape index (κ3) is 5.09. The molecule has 0 aliphatic heterocycles. The summed E-state index contributed by atoms with van der Waals surface area (Å²) in [5, 5.41) is 2.77. The summed E-state index contributed by atoms with van der Waals surface area (Å²) in [5.74, 6) is 0.916. The lowest BCUT2D eigenvalue weighted by atomic mass is 10.1. The van der Waals surface area contributed by atoms with Crippen molar-refractivity contribution in [3.63, 3.8) is 0 Å². The van der Waals surface area contributed by atoms with Gasteiger partial charge in [0.1, 0.15) is 11.9 Å². The Morgan fingerprint density at radius 2 is 2.05 bits per heavy atom. The minimum Gasteiger partial charge on any atom is -0.495 e. The highest BCUT2D eigenvalue weighted by atomic mass is 16.5. The second kappa shape index (κ2) is 7.75. The predicted octanol–water partition coefficient (Wildman–Crippen LogP) is 2.67. The SMILES string of the molecule is COc1ccc(N)cc1NC(=O)C(C)OCCC(C)C. The van der Waals surface area contributed by atoms with Crippen LogP contribution in [0.4, 0.5) is 11.4 Å².